The lowest BCUT2D eigenvalue weighted by molar-refractivity contribution is 0.0952. The normalized spacial score (nSPS) is 16.6. The molecule has 1 aliphatic carbocycles. The van der Waals surface area contributed by atoms with Gasteiger partial charge in [-0.25, -0.2) is 0 Å². The summed E-state index contributed by atoms with van der Waals surface area (Å²) in [5.41, 5.74) is 2.38. The van der Waals surface area contributed by atoms with Crippen LogP contribution in [0.15, 0.2) is 35.1 Å². The molecule has 1 amide bonds. The van der Waals surface area contributed by atoms with Crippen molar-refractivity contribution in [3.63, 3.8) is 0 Å². The Morgan fingerprint density at radius 3 is 2.48 bits per heavy atom. The van der Waals surface area contributed by atoms with Gasteiger partial charge in [-0.1, -0.05) is 32.9 Å². The Bertz CT molecular complexity index is 879. The molecular formula is C20H22N2O3. The highest BCUT2D eigenvalue weighted by Crippen LogP contribution is 2.23. The van der Waals surface area contributed by atoms with Gasteiger partial charge < -0.3 is 10.3 Å². The zero-order valence-electron chi connectivity index (χ0n) is 14.7. The maximum Gasteiger partial charge on any atom is 0.261 e. The smallest absolute Gasteiger partial charge is 0.261 e. The number of Topliss-reactive ketones (excluding diaryl/α,β-unsaturated/α-hetero) is 1. The molecule has 2 aromatic rings. The van der Waals surface area contributed by atoms with Gasteiger partial charge in [-0.05, 0) is 42.0 Å². The van der Waals surface area contributed by atoms with Gasteiger partial charge >= 0.3 is 0 Å². The summed E-state index contributed by atoms with van der Waals surface area (Å²) < 4.78 is 0. The van der Waals surface area contributed by atoms with E-state index in [-0.39, 0.29) is 17.3 Å². The van der Waals surface area contributed by atoms with Gasteiger partial charge in [0.25, 0.3) is 11.5 Å². The summed E-state index contributed by atoms with van der Waals surface area (Å²) in [6.07, 6.45) is 1.09. The molecule has 25 heavy (non-hydrogen) atoms. The number of amides is 1. The second-order valence-electron chi connectivity index (χ2n) is 7.07. The zero-order chi connectivity index (χ0) is 18.1. The highest BCUT2D eigenvalue weighted by Gasteiger charge is 2.25. The number of hydrogen-bond donors (Lipinski definition) is 2. The Hall–Kier alpha value is -2.69. The van der Waals surface area contributed by atoms with Crippen LogP contribution in [0, 0.1) is 5.92 Å². The molecule has 0 spiro atoms. The van der Waals surface area contributed by atoms with Crippen LogP contribution in [0.5, 0.6) is 0 Å². The van der Waals surface area contributed by atoms with Crippen LogP contribution in [0.3, 0.4) is 0 Å². The minimum absolute atomic E-state index is 0.0275. The number of hydrogen-bond acceptors (Lipinski definition) is 3. The van der Waals surface area contributed by atoms with Gasteiger partial charge in [-0.15, -0.1) is 0 Å². The topological polar surface area (TPSA) is 79.0 Å². The van der Waals surface area contributed by atoms with Crippen LogP contribution < -0.4 is 10.9 Å². The largest absolute Gasteiger partial charge is 0.325 e. The number of pyridine rings is 1. The van der Waals surface area contributed by atoms with Crippen molar-refractivity contribution in [2.75, 3.05) is 5.32 Å². The van der Waals surface area contributed by atoms with Crippen molar-refractivity contribution in [3.8, 4) is 0 Å². The Balaban J connectivity index is 1.86. The highest BCUT2D eigenvalue weighted by atomic mass is 16.2. The van der Waals surface area contributed by atoms with Gasteiger partial charge in [-0.2, -0.15) is 0 Å². The van der Waals surface area contributed by atoms with Gasteiger partial charge in [-0.3, -0.25) is 14.4 Å². The summed E-state index contributed by atoms with van der Waals surface area (Å²) in [5, 5.41) is 2.73. The Morgan fingerprint density at radius 1 is 1.16 bits per heavy atom. The Morgan fingerprint density at radius 2 is 1.84 bits per heavy atom. The first kappa shape index (κ1) is 17.1. The molecule has 0 aliphatic heterocycles. The van der Waals surface area contributed by atoms with Crippen LogP contribution in [0.4, 0.5) is 5.69 Å². The molecule has 0 radical (unpaired) electrons. The number of ketones is 1. The molecule has 0 fully saturated rings. The first-order chi connectivity index (χ1) is 11.8. The minimum Gasteiger partial charge on any atom is -0.325 e. The zero-order valence-corrected chi connectivity index (χ0v) is 14.7. The number of rotatable bonds is 3. The van der Waals surface area contributed by atoms with Crippen LogP contribution >= 0.6 is 0 Å². The molecule has 130 valence electrons. The van der Waals surface area contributed by atoms with Gasteiger partial charge in [0.15, 0.2) is 5.78 Å². The minimum atomic E-state index is -0.507. The number of aromatic amines is 1. The molecule has 1 aromatic heterocycles. The summed E-state index contributed by atoms with van der Waals surface area (Å²) in [7, 11) is 0. The fourth-order valence-electron chi connectivity index (χ4n) is 3.14. The molecule has 5 heteroatoms. The summed E-state index contributed by atoms with van der Waals surface area (Å²) in [4.78, 5) is 39.6. The maximum atomic E-state index is 12.5. The molecule has 0 bridgehead atoms. The van der Waals surface area contributed by atoms with E-state index < -0.39 is 11.5 Å². The third-order valence-corrected chi connectivity index (χ3v) is 4.59. The Labute approximate surface area is 146 Å². The molecule has 1 aliphatic rings. The second-order valence-corrected chi connectivity index (χ2v) is 7.07. The van der Waals surface area contributed by atoms with Crippen LogP contribution in [0.1, 0.15) is 65.1 Å². The van der Waals surface area contributed by atoms with Gasteiger partial charge in [0.1, 0.15) is 5.56 Å². The average Bonchev–Trinajstić information content (AvgIpc) is 2.54. The third kappa shape index (κ3) is 3.55. The molecule has 1 heterocycles. The first-order valence-electron chi connectivity index (χ1n) is 8.56. The summed E-state index contributed by atoms with van der Waals surface area (Å²) in [5.74, 6) is 0.0737. The predicted molar refractivity (Wildman–Crippen MR) is 97.4 cm³/mol. The predicted octanol–water partition coefficient (Wildman–Crippen LogP) is 3.52. The van der Waals surface area contributed by atoms with Crippen LogP contribution in [0.2, 0.25) is 0 Å². The number of fused-ring (bicyclic) bond motifs is 1. The van der Waals surface area contributed by atoms with Crippen molar-refractivity contribution < 1.29 is 9.59 Å². The molecule has 0 saturated heterocycles. The van der Waals surface area contributed by atoms with E-state index in [0.717, 1.165) is 0 Å². The lowest BCUT2D eigenvalue weighted by atomic mass is 9.86. The summed E-state index contributed by atoms with van der Waals surface area (Å²) >= 11 is 0. The van der Waals surface area contributed by atoms with E-state index in [1.54, 1.807) is 0 Å². The number of H-pyrrole nitrogens is 1. The van der Waals surface area contributed by atoms with Gasteiger partial charge in [0.2, 0.25) is 0 Å². The molecule has 3 rings (SSSR count). The standard InChI is InChI=1S/C20H22N2O3/c1-11(2)13-4-6-14(7-5-13)21-19(24)16-10-15-17(22-20(16)25)8-12(3)9-18(15)23/h4-7,10-12H,8-9H2,1-3H3,(H,21,24)(H,22,25)/t12-/m0/s1. The average molecular weight is 338 g/mol. The van der Waals surface area contributed by atoms with Crippen LogP contribution in [-0.2, 0) is 6.42 Å². The maximum absolute atomic E-state index is 12.5. The van der Waals surface area contributed by atoms with Crippen molar-refractivity contribution in [1.29, 1.82) is 0 Å². The monoisotopic (exact) mass is 338 g/mol. The number of nitrogens with one attached hydrogen (secondary N) is 2. The molecule has 1 atom stereocenters. The number of benzene rings is 1. The van der Waals surface area contributed by atoms with Gasteiger partial charge in [0, 0.05) is 23.4 Å². The van der Waals surface area contributed by atoms with E-state index in [9.17, 15) is 14.4 Å². The van der Waals surface area contributed by atoms with Crippen molar-refractivity contribution in [2.45, 2.75) is 39.5 Å². The van der Waals surface area contributed by atoms with E-state index in [0.29, 0.717) is 35.7 Å². The molecule has 1 aromatic carbocycles. The van der Waals surface area contributed by atoms with E-state index in [1.807, 2.05) is 31.2 Å². The fraction of sp³-hybridized carbons (Fsp3) is 0.350. The molecular weight excluding hydrogens is 316 g/mol. The number of anilines is 1. The highest BCUT2D eigenvalue weighted by molar-refractivity contribution is 6.06. The fourth-order valence-corrected chi connectivity index (χ4v) is 3.14. The molecule has 0 saturated carbocycles. The molecule has 0 unspecified atom stereocenters. The first-order valence-corrected chi connectivity index (χ1v) is 8.56. The van der Waals surface area contributed by atoms with Crippen molar-refractivity contribution in [3.05, 3.63) is 63.1 Å². The van der Waals surface area contributed by atoms with Crippen molar-refractivity contribution in [2.24, 2.45) is 5.92 Å². The van der Waals surface area contributed by atoms with Gasteiger partial charge in [0.05, 0.1) is 0 Å². The van der Waals surface area contributed by atoms with Crippen LogP contribution in [0.25, 0.3) is 0 Å². The Kier molecular flexibility index (Phi) is 4.57. The molecule has 2 N–H and O–H groups in total. The third-order valence-electron chi connectivity index (χ3n) is 4.59. The SMILES string of the molecule is CC(C)c1ccc(NC(=O)c2cc3c([nH]c2=O)C[C@H](C)CC3=O)cc1. The van der Waals surface area contributed by atoms with E-state index in [4.69, 9.17) is 0 Å². The van der Waals surface area contributed by atoms with Crippen molar-refractivity contribution in [1.82, 2.24) is 4.98 Å². The van der Waals surface area contributed by atoms with E-state index >= 15 is 0 Å². The number of carbonyl (C=O) groups excluding carboxylic acids is 2. The van der Waals surface area contributed by atoms with Crippen LogP contribution in [-0.4, -0.2) is 16.7 Å². The summed E-state index contributed by atoms with van der Waals surface area (Å²) in [6.45, 7) is 6.16. The van der Waals surface area contributed by atoms with E-state index in [2.05, 4.69) is 24.1 Å². The molecule has 5 nitrogen and oxygen atoms in total. The van der Waals surface area contributed by atoms with Crippen molar-refractivity contribution >= 4 is 17.4 Å². The van der Waals surface area contributed by atoms with E-state index in [1.165, 1.54) is 11.6 Å². The lowest BCUT2D eigenvalue weighted by Crippen LogP contribution is -2.29. The number of carbonyl (C=O) groups is 2. The second kappa shape index (κ2) is 6.67. The number of aromatic nitrogens is 1. The summed E-state index contributed by atoms with van der Waals surface area (Å²) in [6, 6.07) is 8.95. The quantitative estimate of drug-likeness (QED) is 0.899. The lowest BCUT2D eigenvalue weighted by Gasteiger charge is -2.20.